The summed E-state index contributed by atoms with van der Waals surface area (Å²) in [7, 11) is 0. The molecule has 0 amide bonds. The lowest BCUT2D eigenvalue weighted by Crippen LogP contribution is -2.47. The lowest BCUT2D eigenvalue weighted by Gasteiger charge is -2.39. The van der Waals surface area contributed by atoms with Crippen molar-refractivity contribution in [3.63, 3.8) is 0 Å². The Kier molecular flexibility index (Phi) is 8.51. The van der Waals surface area contributed by atoms with Crippen molar-refractivity contribution in [3.8, 4) is 0 Å². The molecule has 0 unspecified atom stereocenters. The van der Waals surface area contributed by atoms with Crippen LogP contribution in [0.15, 0.2) is 78.9 Å². The van der Waals surface area contributed by atoms with Crippen molar-refractivity contribution in [2.45, 2.75) is 52.4 Å². The van der Waals surface area contributed by atoms with E-state index in [9.17, 15) is 4.79 Å². The number of piperazine rings is 1. The molecule has 1 aliphatic rings. The van der Waals surface area contributed by atoms with E-state index in [1.807, 2.05) is 0 Å². The first-order chi connectivity index (χ1) is 18.6. The van der Waals surface area contributed by atoms with Crippen LogP contribution in [0.25, 0.3) is 11.0 Å². The van der Waals surface area contributed by atoms with Crippen molar-refractivity contribution in [1.82, 2.24) is 19.4 Å². The number of aromatic nitrogens is 2. The summed E-state index contributed by atoms with van der Waals surface area (Å²) in [5.41, 5.74) is 6.06. The number of aryl methyl sites for hydroxylation is 1. The number of benzene rings is 3. The fourth-order valence-corrected chi connectivity index (χ4v) is 5.49. The van der Waals surface area contributed by atoms with Crippen LogP contribution in [0, 0.1) is 0 Å². The molecule has 1 fully saturated rings. The van der Waals surface area contributed by atoms with Gasteiger partial charge in [-0.05, 0) is 35.2 Å². The summed E-state index contributed by atoms with van der Waals surface area (Å²) in [5.74, 6) is 0.544. The number of carbonyl (C=O) groups is 1. The van der Waals surface area contributed by atoms with Gasteiger partial charge in [0.1, 0.15) is 12.4 Å². The van der Waals surface area contributed by atoms with Crippen LogP contribution < -0.4 is 0 Å². The normalized spacial score (nSPS) is 14.8. The highest BCUT2D eigenvalue weighted by atomic mass is 16.5. The Bertz CT molecular complexity index is 1290. The van der Waals surface area contributed by atoms with Crippen molar-refractivity contribution in [2.75, 3.05) is 26.2 Å². The van der Waals surface area contributed by atoms with Crippen LogP contribution in [0.5, 0.6) is 0 Å². The minimum atomic E-state index is -0.277. The van der Waals surface area contributed by atoms with E-state index in [1.54, 1.807) is 0 Å². The van der Waals surface area contributed by atoms with Crippen molar-refractivity contribution in [3.05, 3.63) is 101 Å². The molecule has 5 rings (SSSR count). The van der Waals surface area contributed by atoms with Crippen molar-refractivity contribution in [2.24, 2.45) is 0 Å². The largest absolute Gasteiger partial charge is 0.458 e. The number of rotatable bonds is 10. The highest BCUT2D eigenvalue weighted by molar-refractivity contribution is 5.77. The highest BCUT2D eigenvalue weighted by Gasteiger charge is 2.26. The van der Waals surface area contributed by atoms with Crippen LogP contribution in [0.1, 0.15) is 55.2 Å². The summed E-state index contributed by atoms with van der Waals surface area (Å²) in [4.78, 5) is 21.4. The summed E-state index contributed by atoms with van der Waals surface area (Å²) in [6.45, 7) is 9.73. The topological polar surface area (TPSA) is 50.6 Å². The fraction of sp³-hybridized carbons (Fsp3) is 0.375. The van der Waals surface area contributed by atoms with Gasteiger partial charge < -0.3 is 9.30 Å². The predicted molar refractivity (Wildman–Crippen MR) is 152 cm³/mol. The van der Waals surface area contributed by atoms with E-state index < -0.39 is 0 Å². The minimum Gasteiger partial charge on any atom is -0.458 e. The number of carbonyl (C=O) groups excluding carboxylic acids is 1. The predicted octanol–water partition coefficient (Wildman–Crippen LogP) is 5.81. The molecule has 0 aliphatic carbocycles. The van der Waals surface area contributed by atoms with Crippen molar-refractivity contribution >= 4 is 17.0 Å². The van der Waals surface area contributed by atoms with Gasteiger partial charge in [0.2, 0.25) is 0 Å². The molecular formula is C32H38N4O2. The lowest BCUT2D eigenvalue weighted by molar-refractivity contribution is -0.142. The van der Waals surface area contributed by atoms with Crippen LogP contribution in [-0.2, 0) is 29.2 Å². The molecule has 0 atom stereocenters. The molecule has 4 aromatic rings. The zero-order valence-electron chi connectivity index (χ0n) is 22.6. The molecular weight excluding hydrogens is 472 g/mol. The smallest absolute Gasteiger partial charge is 0.303 e. The summed E-state index contributed by atoms with van der Waals surface area (Å²) >= 11 is 0. The third-order valence-corrected chi connectivity index (χ3v) is 7.44. The monoisotopic (exact) mass is 510 g/mol. The molecule has 0 saturated carbocycles. The summed E-state index contributed by atoms with van der Waals surface area (Å²) in [6, 6.07) is 28.6. The molecule has 0 N–H and O–H groups in total. The fourth-order valence-electron chi connectivity index (χ4n) is 5.49. The second kappa shape index (κ2) is 12.4. The van der Waals surface area contributed by atoms with Crippen LogP contribution in [0.4, 0.5) is 0 Å². The van der Waals surface area contributed by atoms with E-state index in [-0.39, 0.29) is 18.6 Å². The maximum Gasteiger partial charge on any atom is 0.303 e. The first-order valence-electron chi connectivity index (χ1n) is 13.8. The Labute approximate surface area is 225 Å². The molecule has 1 aliphatic heterocycles. The van der Waals surface area contributed by atoms with E-state index in [0.717, 1.165) is 69.0 Å². The van der Waals surface area contributed by atoms with Gasteiger partial charge >= 0.3 is 5.97 Å². The molecule has 6 heteroatoms. The number of ether oxygens (including phenoxy) is 1. The highest BCUT2D eigenvalue weighted by Crippen LogP contribution is 2.30. The Balaban J connectivity index is 1.28. The quantitative estimate of drug-likeness (QED) is 0.252. The van der Waals surface area contributed by atoms with Gasteiger partial charge in [-0.15, -0.1) is 0 Å². The van der Waals surface area contributed by atoms with E-state index in [1.165, 1.54) is 23.6 Å². The molecule has 198 valence electrons. The molecule has 2 heterocycles. The maximum atomic E-state index is 11.4. The number of hydrogen-bond acceptors (Lipinski definition) is 5. The molecule has 3 aromatic carbocycles. The first kappa shape index (κ1) is 26.1. The molecule has 0 bridgehead atoms. The Morgan fingerprint density at radius 2 is 1.58 bits per heavy atom. The third-order valence-electron chi connectivity index (χ3n) is 7.44. The van der Waals surface area contributed by atoms with Crippen LogP contribution >= 0.6 is 0 Å². The van der Waals surface area contributed by atoms with Crippen molar-refractivity contribution in [1.29, 1.82) is 0 Å². The molecule has 0 spiro atoms. The van der Waals surface area contributed by atoms with E-state index in [4.69, 9.17) is 9.72 Å². The van der Waals surface area contributed by atoms with E-state index in [2.05, 4.69) is 100 Å². The standard InChI is InChI=1S/C32H38N4O2/c1-3-4-17-36-30-16-15-26(22-29(30)33-31(36)24-38-25(2)37)23-34-18-20-35(21-19-34)32(27-11-7-5-8-12-27)28-13-9-6-10-14-28/h5-16,22,32H,3-4,17-21,23-24H2,1-2H3. The lowest BCUT2D eigenvalue weighted by atomic mass is 9.96. The molecule has 1 aromatic heterocycles. The van der Waals surface area contributed by atoms with E-state index in [0.29, 0.717) is 0 Å². The number of nitrogens with zero attached hydrogens (tertiary/aromatic N) is 4. The second-order valence-corrected chi connectivity index (χ2v) is 10.2. The number of imidazole rings is 1. The average molecular weight is 511 g/mol. The minimum absolute atomic E-state index is 0.217. The zero-order valence-corrected chi connectivity index (χ0v) is 22.6. The SMILES string of the molecule is CCCCn1c(COC(C)=O)nc2cc(CN3CCN(C(c4ccccc4)c4ccccc4)CC3)ccc21. The molecule has 0 radical (unpaired) electrons. The number of esters is 1. The van der Waals surface area contributed by atoms with Crippen LogP contribution in [-0.4, -0.2) is 51.5 Å². The van der Waals surface area contributed by atoms with Gasteiger partial charge in [0.05, 0.1) is 17.1 Å². The van der Waals surface area contributed by atoms with Gasteiger partial charge in [-0.2, -0.15) is 0 Å². The Morgan fingerprint density at radius 1 is 0.921 bits per heavy atom. The molecule has 6 nitrogen and oxygen atoms in total. The number of fused-ring (bicyclic) bond motifs is 1. The van der Waals surface area contributed by atoms with Gasteiger partial charge in [-0.3, -0.25) is 14.6 Å². The van der Waals surface area contributed by atoms with E-state index >= 15 is 0 Å². The maximum absolute atomic E-state index is 11.4. The Hall–Kier alpha value is -3.48. The zero-order chi connectivity index (χ0) is 26.3. The second-order valence-electron chi connectivity index (χ2n) is 10.2. The van der Waals surface area contributed by atoms with Gasteiger partial charge in [-0.25, -0.2) is 4.98 Å². The van der Waals surface area contributed by atoms with Gasteiger partial charge in [0.15, 0.2) is 0 Å². The number of unbranched alkanes of at least 4 members (excludes halogenated alkanes) is 1. The van der Waals surface area contributed by atoms with Gasteiger partial charge in [0.25, 0.3) is 0 Å². The van der Waals surface area contributed by atoms with Gasteiger partial charge in [0, 0.05) is 46.2 Å². The van der Waals surface area contributed by atoms with Crippen LogP contribution in [0.2, 0.25) is 0 Å². The molecule has 38 heavy (non-hydrogen) atoms. The van der Waals surface area contributed by atoms with Crippen molar-refractivity contribution < 1.29 is 9.53 Å². The summed E-state index contributed by atoms with van der Waals surface area (Å²) in [6.07, 6.45) is 2.17. The van der Waals surface area contributed by atoms with Crippen LogP contribution in [0.3, 0.4) is 0 Å². The average Bonchev–Trinajstić information content (AvgIpc) is 3.29. The Morgan fingerprint density at radius 3 is 2.18 bits per heavy atom. The number of hydrogen-bond donors (Lipinski definition) is 0. The first-order valence-corrected chi connectivity index (χ1v) is 13.8. The van der Waals surface area contributed by atoms with Gasteiger partial charge in [-0.1, -0.05) is 80.1 Å². The summed E-state index contributed by atoms with van der Waals surface area (Å²) in [5, 5.41) is 0. The molecule has 1 saturated heterocycles. The summed E-state index contributed by atoms with van der Waals surface area (Å²) < 4.78 is 7.49. The third kappa shape index (κ3) is 6.14.